The molecule has 5 rings (SSSR count). The molecule has 0 amide bonds. The van der Waals surface area contributed by atoms with E-state index in [1.165, 1.54) is 41.0 Å². The van der Waals surface area contributed by atoms with Crippen LogP contribution < -0.4 is 5.73 Å². The largest absolute Gasteiger partial charge is 0.453 e. The fourth-order valence-electron chi connectivity index (χ4n) is 3.82. The number of carbonyl (C=O) groups is 1. The number of thiophene rings is 2. The molecule has 1 aliphatic carbocycles. The van der Waals surface area contributed by atoms with Crippen LogP contribution in [0.4, 0.5) is 5.82 Å². The number of nitrogens with zero attached hydrogens (tertiary/aromatic N) is 3. The van der Waals surface area contributed by atoms with Crippen LogP contribution in [-0.4, -0.2) is 20.5 Å². The zero-order chi connectivity index (χ0) is 19.8. The molecule has 0 spiro atoms. The summed E-state index contributed by atoms with van der Waals surface area (Å²) in [6.45, 7) is 0.00452. The van der Waals surface area contributed by atoms with Gasteiger partial charge >= 0.3 is 5.97 Å². The molecule has 4 heterocycles. The molecule has 6 nitrogen and oxygen atoms in total. The topological polar surface area (TPSA) is 83.0 Å². The number of rotatable bonds is 4. The summed E-state index contributed by atoms with van der Waals surface area (Å²) in [5, 5.41) is 2.88. The van der Waals surface area contributed by atoms with Gasteiger partial charge in [-0.1, -0.05) is 6.42 Å². The second-order valence-electron chi connectivity index (χ2n) is 7.07. The molecule has 0 aliphatic heterocycles. The van der Waals surface area contributed by atoms with E-state index in [0.717, 1.165) is 28.7 Å². The first-order chi connectivity index (χ1) is 14.2. The minimum atomic E-state index is -0.382. The van der Waals surface area contributed by atoms with Gasteiger partial charge in [0.1, 0.15) is 15.5 Å². The van der Waals surface area contributed by atoms with Gasteiger partial charge in [0.25, 0.3) is 0 Å². The summed E-state index contributed by atoms with van der Waals surface area (Å²) < 4.78 is 7.41. The zero-order valence-electron chi connectivity index (χ0n) is 15.8. The smallest absolute Gasteiger partial charge is 0.350 e. The van der Waals surface area contributed by atoms with E-state index in [4.69, 9.17) is 10.5 Å². The second-order valence-corrected chi connectivity index (χ2v) is 9.07. The number of ether oxygens (including phenoxy) is 1. The number of carbonyl (C=O) groups excluding carboxylic acids is 1. The van der Waals surface area contributed by atoms with Crippen molar-refractivity contribution in [3.05, 3.63) is 57.1 Å². The number of nitrogens with two attached hydrogens (primary N) is 1. The summed E-state index contributed by atoms with van der Waals surface area (Å²) in [6.07, 6.45) is 9.57. The van der Waals surface area contributed by atoms with Gasteiger partial charge in [-0.05, 0) is 54.8 Å². The number of hydrogen-bond acceptors (Lipinski definition) is 7. The van der Waals surface area contributed by atoms with Crippen molar-refractivity contribution in [1.29, 1.82) is 0 Å². The molecule has 2 N–H and O–H groups in total. The van der Waals surface area contributed by atoms with Gasteiger partial charge in [-0.2, -0.15) is 0 Å². The molecule has 8 heteroatoms. The third-order valence-electron chi connectivity index (χ3n) is 5.18. The Labute approximate surface area is 176 Å². The fraction of sp³-hybridized carbons (Fsp3) is 0.286. The maximum absolute atomic E-state index is 12.6. The molecule has 0 unspecified atom stereocenters. The normalized spacial score (nSPS) is 13.9. The summed E-state index contributed by atoms with van der Waals surface area (Å²) in [4.78, 5) is 24.5. The van der Waals surface area contributed by atoms with Crippen molar-refractivity contribution in [1.82, 2.24) is 14.5 Å². The average molecular weight is 425 g/mol. The molecule has 0 saturated heterocycles. The predicted octanol–water partition coefficient (Wildman–Crippen LogP) is 4.75. The molecule has 0 aromatic carbocycles. The Hall–Kier alpha value is -2.71. The van der Waals surface area contributed by atoms with Crippen LogP contribution in [0.3, 0.4) is 0 Å². The highest BCUT2D eigenvalue weighted by molar-refractivity contribution is 7.19. The van der Waals surface area contributed by atoms with Crippen molar-refractivity contribution in [3.63, 3.8) is 0 Å². The lowest BCUT2D eigenvalue weighted by Crippen LogP contribution is -2.09. The Morgan fingerprint density at radius 1 is 1.17 bits per heavy atom. The molecule has 4 aromatic heterocycles. The maximum Gasteiger partial charge on any atom is 0.350 e. The quantitative estimate of drug-likeness (QED) is 0.377. The lowest BCUT2D eigenvalue weighted by molar-refractivity contribution is 0.0468. The highest BCUT2D eigenvalue weighted by atomic mass is 32.1. The first-order valence-corrected chi connectivity index (χ1v) is 11.3. The van der Waals surface area contributed by atoms with Gasteiger partial charge in [-0.25, -0.2) is 14.8 Å². The molecule has 148 valence electrons. The minimum Gasteiger partial charge on any atom is -0.453 e. The van der Waals surface area contributed by atoms with Gasteiger partial charge in [0.15, 0.2) is 12.4 Å². The summed E-state index contributed by atoms with van der Waals surface area (Å²) in [5.41, 5.74) is 8.41. The third-order valence-corrected chi connectivity index (χ3v) is 7.25. The van der Waals surface area contributed by atoms with Crippen LogP contribution in [-0.2, 0) is 24.2 Å². The number of hydrogen-bond donors (Lipinski definition) is 1. The predicted molar refractivity (Wildman–Crippen MR) is 116 cm³/mol. The van der Waals surface area contributed by atoms with Gasteiger partial charge in [0, 0.05) is 17.3 Å². The van der Waals surface area contributed by atoms with Gasteiger partial charge in [0.05, 0.1) is 11.1 Å². The first-order valence-electron chi connectivity index (χ1n) is 9.65. The molecule has 0 radical (unpaired) electrons. The van der Waals surface area contributed by atoms with Crippen molar-refractivity contribution in [2.24, 2.45) is 0 Å². The van der Waals surface area contributed by atoms with Crippen molar-refractivity contribution in [2.75, 3.05) is 5.73 Å². The number of anilines is 1. The van der Waals surface area contributed by atoms with Crippen LogP contribution in [0, 0.1) is 0 Å². The summed E-state index contributed by atoms with van der Waals surface area (Å²) in [7, 11) is 0. The van der Waals surface area contributed by atoms with E-state index in [9.17, 15) is 4.79 Å². The van der Waals surface area contributed by atoms with Gasteiger partial charge in [0.2, 0.25) is 0 Å². The fourth-order valence-corrected chi connectivity index (χ4v) is 5.89. The van der Waals surface area contributed by atoms with Crippen LogP contribution in [0.1, 0.15) is 45.2 Å². The lowest BCUT2D eigenvalue weighted by Gasteiger charge is -2.07. The minimum absolute atomic E-state index is 0.00452. The van der Waals surface area contributed by atoms with E-state index >= 15 is 0 Å². The van der Waals surface area contributed by atoms with Gasteiger partial charge < -0.3 is 15.0 Å². The van der Waals surface area contributed by atoms with Gasteiger partial charge in [-0.15, -0.1) is 22.7 Å². The summed E-state index contributed by atoms with van der Waals surface area (Å²) in [6, 6.07) is 5.74. The Morgan fingerprint density at radius 2 is 2.00 bits per heavy atom. The monoisotopic (exact) mass is 424 g/mol. The van der Waals surface area contributed by atoms with Crippen molar-refractivity contribution >= 4 is 44.7 Å². The lowest BCUT2D eigenvalue weighted by atomic mass is 10.1. The zero-order valence-corrected chi connectivity index (χ0v) is 17.4. The number of nitrogen functional groups attached to an aromatic ring is 1. The molecule has 1 aliphatic rings. The van der Waals surface area contributed by atoms with E-state index in [-0.39, 0.29) is 12.6 Å². The summed E-state index contributed by atoms with van der Waals surface area (Å²) >= 11 is 3.06. The van der Waals surface area contributed by atoms with E-state index < -0.39 is 0 Å². The number of fused-ring (bicyclic) bond motifs is 3. The van der Waals surface area contributed by atoms with Crippen molar-refractivity contribution < 1.29 is 9.53 Å². The SMILES string of the molecule is Nc1nc(COC(=O)c2sccc2-n2cccc2)nc2sc3c(c12)CCCCC3. The van der Waals surface area contributed by atoms with Crippen molar-refractivity contribution in [2.45, 2.75) is 38.7 Å². The maximum atomic E-state index is 12.6. The Kier molecular flexibility index (Phi) is 4.81. The molecule has 0 bridgehead atoms. The molecule has 0 atom stereocenters. The Bertz CT molecular complexity index is 1180. The molecule has 4 aromatic rings. The second kappa shape index (κ2) is 7.61. The number of aromatic nitrogens is 3. The van der Waals surface area contributed by atoms with Crippen LogP contribution >= 0.6 is 22.7 Å². The van der Waals surface area contributed by atoms with E-state index in [0.29, 0.717) is 16.5 Å². The third kappa shape index (κ3) is 3.42. The molecule has 29 heavy (non-hydrogen) atoms. The average Bonchev–Trinajstić information content (AvgIpc) is 3.43. The molecule has 0 fully saturated rings. The highest BCUT2D eigenvalue weighted by Gasteiger charge is 2.20. The number of aryl methyl sites for hydroxylation is 2. The molecular weight excluding hydrogens is 404 g/mol. The van der Waals surface area contributed by atoms with Crippen LogP contribution in [0.5, 0.6) is 0 Å². The molecular formula is C21H20N4O2S2. The van der Waals surface area contributed by atoms with Crippen molar-refractivity contribution in [3.8, 4) is 5.69 Å². The van der Waals surface area contributed by atoms with Gasteiger partial charge in [-0.3, -0.25) is 0 Å². The Morgan fingerprint density at radius 3 is 2.86 bits per heavy atom. The Balaban J connectivity index is 1.38. The van der Waals surface area contributed by atoms with E-state index in [2.05, 4.69) is 9.97 Å². The van der Waals surface area contributed by atoms with Crippen LogP contribution in [0.2, 0.25) is 0 Å². The van der Waals surface area contributed by atoms with E-state index in [1.807, 2.05) is 40.5 Å². The van der Waals surface area contributed by atoms with E-state index in [1.54, 1.807) is 11.3 Å². The summed E-state index contributed by atoms with van der Waals surface area (Å²) in [5.74, 6) is 0.552. The molecule has 0 saturated carbocycles. The number of esters is 1. The first kappa shape index (κ1) is 18.3. The van der Waals surface area contributed by atoms with Crippen LogP contribution in [0.25, 0.3) is 15.9 Å². The highest BCUT2D eigenvalue weighted by Crippen LogP contribution is 2.37. The van der Waals surface area contributed by atoms with Crippen LogP contribution in [0.15, 0.2) is 36.0 Å². The standard InChI is InChI=1S/C21H20N4O2S2/c22-19-17-13-6-2-1-3-7-15(13)29-20(17)24-16(23-19)12-27-21(26)18-14(8-11-28-18)25-9-4-5-10-25/h4-5,8-11H,1-3,6-7,12H2,(H2,22,23,24).